The maximum atomic E-state index is 13.5. The zero-order chi connectivity index (χ0) is 13.3. The van der Waals surface area contributed by atoms with Crippen molar-refractivity contribution in [3.8, 4) is 0 Å². The van der Waals surface area contributed by atoms with E-state index in [-0.39, 0.29) is 11.7 Å². The van der Waals surface area contributed by atoms with Crippen LogP contribution in [0, 0.1) is 18.6 Å². The fourth-order valence-corrected chi connectivity index (χ4v) is 2.60. The Morgan fingerprint density at radius 1 is 1.33 bits per heavy atom. The molecule has 1 aromatic rings. The molecule has 0 saturated carbocycles. The maximum absolute atomic E-state index is 13.5. The first-order chi connectivity index (χ1) is 8.49. The predicted octanol–water partition coefficient (Wildman–Crippen LogP) is 2.21. The molecule has 96 valence electrons. The normalized spacial score (nSPS) is 16.9. The molecule has 1 amide bonds. The van der Waals surface area contributed by atoms with Crippen LogP contribution in [-0.4, -0.2) is 31.6 Å². The van der Waals surface area contributed by atoms with Crippen molar-refractivity contribution in [1.29, 1.82) is 0 Å². The molecule has 0 aromatic heterocycles. The Labute approximate surface area is 106 Å². The number of benzene rings is 1. The topological polar surface area (TPSA) is 20.3 Å². The van der Waals surface area contributed by atoms with Crippen molar-refractivity contribution < 1.29 is 13.6 Å². The Morgan fingerprint density at radius 2 is 1.94 bits per heavy atom. The summed E-state index contributed by atoms with van der Waals surface area (Å²) in [5.41, 5.74) is 1.27. The molecule has 0 bridgehead atoms. The highest BCUT2D eigenvalue weighted by molar-refractivity contribution is 6.56. The summed E-state index contributed by atoms with van der Waals surface area (Å²) in [5.74, 6) is -0.803. The first-order valence-corrected chi connectivity index (χ1v) is 6.20. The molecule has 0 radical (unpaired) electrons. The molecular formula is C13H16BF2NO. The van der Waals surface area contributed by atoms with Crippen molar-refractivity contribution in [3.63, 3.8) is 0 Å². The zero-order valence-corrected chi connectivity index (χ0v) is 10.7. The molecular weight excluding hydrogens is 235 g/mol. The highest BCUT2D eigenvalue weighted by atomic mass is 19.1. The van der Waals surface area contributed by atoms with Crippen LogP contribution >= 0.6 is 0 Å². The van der Waals surface area contributed by atoms with Gasteiger partial charge in [-0.15, -0.1) is 0 Å². The summed E-state index contributed by atoms with van der Waals surface area (Å²) in [5, 5.41) is 0. The number of amides is 1. The van der Waals surface area contributed by atoms with Gasteiger partial charge in [0.2, 0.25) is 7.85 Å². The van der Waals surface area contributed by atoms with Crippen LogP contribution in [0.1, 0.15) is 29.9 Å². The van der Waals surface area contributed by atoms with E-state index < -0.39 is 11.6 Å². The highest BCUT2D eigenvalue weighted by Gasteiger charge is 2.24. The van der Waals surface area contributed by atoms with Crippen molar-refractivity contribution in [2.75, 3.05) is 13.1 Å². The molecule has 1 aromatic carbocycles. The molecule has 1 heterocycles. The van der Waals surface area contributed by atoms with Gasteiger partial charge in [0.25, 0.3) is 0 Å². The number of carbonyl (C=O) groups excluding carboxylic acids is 1. The van der Waals surface area contributed by atoms with Gasteiger partial charge in [-0.25, -0.2) is 8.78 Å². The van der Waals surface area contributed by atoms with E-state index in [1.165, 1.54) is 6.07 Å². The quantitative estimate of drug-likeness (QED) is 0.701. The summed E-state index contributed by atoms with van der Waals surface area (Å²) in [7, 11) is 1.55. The lowest BCUT2D eigenvalue weighted by Crippen LogP contribution is -2.37. The van der Waals surface area contributed by atoms with Crippen molar-refractivity contribution in [3.05, 3.63) is 34.9 Å². The molecule has 5 heteroatoms. The van der Waals surface area contributed by atoms with Crippen LogP contribution in [0.4, 0.5) is 13.6 Å². The van der Waals surface area contributed by atoms with E-state index in [9.17, 15) is 13.6 Å². The number of carbonyl (C=O) groups is 1. The van der Waals surface area contributed by atoms with Crippen LogP contribution in [0.3, 0.4) is 0 Å². The molecule has 2 rings (SSSR count). The second-order valence-electron chi connectivity index (χ2n) is 4.88. The number of hydrogen-bond donors (Lipinski definition) is 0. The molecule has 0 atom stereocenters. The number of nitrogens with zero attached hydrogens (tertiary/aromatic N) is 1. The highest BCUT2D eigenvalue weighted by Crippen LogP contribution is 2.31. The number of halogens is 2. The molecule has 2 nitrogen and oxygen atoms in total. The standard InChI is InChI=1S/C13H16BF2NO/c1-8-11(6-10(15)7-12(8)16)9-2-4-17(5-3-9)13(14)18/h6-7,9H,2-5,14H2,1H3. The minimum absolute atomic E-state index is 0.0654. The third-order valence-electron chi connectivity index (χ3n) is 3.73. The van der Waals surface area contributed by atoms with E-state index in [4.69, 9.17) is 0 Å². The Balaban J connectivity index is 2.17. The molecule has 0 N–H and O–H groups in total. The lowest BCUT2D eigenvalue weighted by atomic mass is 9.86. The Kier molecular flexibility index (Phi) is 3.69. The summed E-state index contributed by atoms with van der Waals surface area (Å²) in [6.45, 7) is 3.01. The molecule has 0 spiro atoms. The number of piperidine rings is 1. The van der Waals surface area contributed by atoms with Gasteiger partial charge in [-0.05, 0) is 42.9 Å². The largest absolute Gasteiger partial charge is 0.352 e. The van der Waals surface area contributed by atoms with E-state index in [0.29, 0.717) is 18.7 Å². The predicted molar refractivity (Wildman–Crippen MR) is 68.6 cm³/mol. The van der Waals surface area contributed by atoms with E-state index in [2.05, 4.69) is 0 Å². The summed E-state index contributed by atoms with van der Waals surface area (Å²) >= 11 is 0. The van der Waals surface area contributed by atoms with E-state index in [0.717, 1.165) is 24.5 Å². The van der Waals surface area contributed by atoms with E-state index >= 15 is 0 Å². The van der Waals surface area contributed by atoms with E-state index in [1.807, 2.05) is 0 Å². The van der Waals surface area contributed by atoms with Crippen LogP contribution in [0.2, 0.25) is 0 Å². The van der Waals surface area contributed by atoms with Crippen molar-refractivity contribution >= 4 is 13.7 Å². The van der Waals surface area contributed by atoms with Gasteiger partial charge in [0.05, 0.1) is 0 Å². The third-order valence-corrected chi connectivity index (χ3v) is 3.73. The lowest BCUT2D eigenvalue weighted by molar-refractivity contribution is 0.204. The minimum atomic E-state index is -0.526. The van der Waals surface area contributed by atoms with Gasteiger partial charge in [0.1, 0.15) is 11.6 Å². The Morgan fingerprint density at radius 3 is 2.50 bits per heavy atom. The summed E-state index contributed by atoms with van der Waals surface area (Å²) < 4.78 is 26.8. The summed E-state index contributed by atoms with van der Waals surface area (Å²) in [6.07, 6.45) is 1.53. The zero-order valence-electron chi connectivity index (χ0n) is 10.7. The van der Waals surface area contributed by atoms with Gasteiger partial charge in [-0.2, -0.15) is 0 Å². The third kappa shape index (κ3) is 2.55. The van der Waals surface area contributed by atoms with Crippen LogP contribution in [0.25, 0.3) is 0 Å². The molecule has 0 unspecified atom stereocenters. The smallest absolute Gasteiger partial charge is 0.215 e. The first-order valence-electron chi connectivity index (χ1n) is 6.20. The summed E-state index contributed by atoms with van der Waals surface area (Å²) in [4.78, 5) is 13.0. The molecule has 1 fully saturated rings. The fourth-order valence-electron chi connectivity index (χ4n) is 2.60. The molecule has 0 aliphatic carbocycles. The lowest BCUT2D eigenvalue weighted by Gasteiger charge is -2.32. The van der Waals surface area contributed by atoms with Gasteiger partial charge in [0, 0.05) is 19.2 Å². The number of rotatable bonds is 1. The van der Waals surface area contributed by atoms with Crippen molar-refractivity contribution in [2.45, 2.75) is 25.7 Å². The van der Waals surface area contributed by atoms with Crippen LogP contribution in [0.5, 0.6) is 0 Å². The van der Waals surface area contributed by atoms with Gasteiger partial charge in [0.15, 0.2) is 5.81 Å². The van der Waals surface area contributed by atoms with Crippen molar-refractivity contribution in [2.24, 2.45) is 0 Å². The van der Waals surface area contributed by atoms with Gasteiger partial charge >= 0.3 is 0 Å². The second kappa shape index (κ2) is 5.08. The van der Waals surface area contributed by atoms with Crippen LogP contribution in [-0.2, 0) is 0 Å². The molecule has 18 heavy (non-hydrogen) atoms. The first kappa shape index (κ1) is 13.1. The maximum Gasteiger partial charge on any atom is 0.215 e. The number of likely N-dealkylation sites (tertiary alicyclic amines) is 1. The molecule has 1 aliphatic rings. The molecule has 1 saturated heterocycles. The average molecular weight is 251 g/mol. The average Bonchev–Trinajstić information content (AvgIpc) is 2.34. The van der Waals surface area contributed by atoms with E-state index in [1.54, 1.807) is 19.7 Å². The minimum Gasteiger partial charge on any atom is -0.352 e. The van der Waals surface area contributed by atoms with Crippen LogP contribution < -0.4 is 0 Å². The van der Waals surface area contributed by atoms with Crippen LogP contribution in [0.15, 0.2) is 12.1 Å². The monoisotopic (exact) mass is 251 g/mol. The van der Waals surface area contributed by atoms with Gasteiger partial charge < -0.3 is 4.90 Å². The SMILES string of the molecule is BC(=O)N1CCC(c2cc(F)cc(F)c2C)CC1. The van der Waals surface area contributed by atoms with Crippen molar-refractivity contribution in [1.82, 2.24) is 4.90 Å². The molecule has 1 aliphatic heterocycles. The Hall–Kier alpha value is -1.39. The fraction of sp³-hybridized carbons (Fsp3) is 0.462. The second-order valence-corrected chi connectivity index (χ2v) is 4.88. The van der Waals surface area contributed by atoms with Gasteiger partial charge in [-0.1, -0.05) is 0 Å². The number of hydrogen-bond acceptors (Lipinski definition) is 1. The van der Waals surface area contributed by atoms with Gasteiger partial charge in [-0.3, -0.25) is 4.79 Å². The Bertz CT molecular complexity index is 470. The summed E-state index contributed by atoms with van der Waals surface area (Å²) in [6, 6.07) is 2.34.